The van der Waals surface area contributed by atoms with Crippen LogP contribution in [-0.4, -0.2) is 36.2 Å². The van der Waals surface area contributed by atoms with Gasteiger partial charge in [-0.2, -0.15) is 5.26 Å². The molecule has 1 saturated carbocycles. The van der Waals surface area contributed by atoms with Gasteiger partial charge in [-0.1, -0.05) is 50.6 Å². The largest absolute Gasteiger partial charge is 0.383 e. The summed E-state index contributed by atoms with van der Waals surface area (Å²) < 4.78 is 0. The quantitative estimate of drug-likeness (QED) is 0.241. The van der Waals surface area contributed by atoms with Gasteiger partial charge in [0.1, 0.15) is 13.9 Å². The standard InChI is InChI=1S/C29H33BClN7O/c1-17(39)21-11-19(12-22-26(34-16-28(2,3)4)18(13-32)14-33-27(21)22)35-29(30,23-7-5-6-8-24(23)31)25-15-38(37-36-25)20-9-10-20/h5-8,11-12,14-15,20,35-37H,9-10,16,30H2,1-4H3,(H,33,34). The molecule has 0 saturated heterocycles. The van der Waals surface area contributed by atoms with Gasteiger partial charge in [-0.15, -0.1) is 5.53 Å². The molecule has 1 aliphatic heterocycles. The number of hydrazine groups is 2. The van der Waals surface area contributed by atoms with Crippen LogP contribution >= 0.6 is 11.6 Å². The van der Waals surface area contributed by atoms with Crippen LogP contribution in [0, 0.1) is 16.7 Å². The molecule has 2 heterocycles. The Balaban J connectivity index is 1.67. The fourth-order valence-electron chi connectivity index (χ4n) is 4.84. The molecule has 3 aromatic rings. The number of fused-ring (bicyclic) bond motifs is 1. The summed E-state index contributed by atoms with van der Waals surface area (Å²) in [6.07, 6.45) is 5.89. The minimum absolute atomic E-state index is 0.0226. The van der Waals surface area contributed by atoms with Crippen molar-refractivity contribution in [2.45, 2.75) is 52.0 Å². The van der Waals surface area contributed by atoms with Gasteiger partial charge < -0.3 is 16.1 Å². The number of carbonyl (C=O) groups excluding carboxylic acids is 1. The fourth-order valence-corrected chi connectivity index (χ4v) is 5.16. The molecule has 1 aliphatic carbocycles. The van der Waals surface area contributed by atoms with Crippen molar-refractivity contribution >= 4 is 47.5 Å². The lowest BCUT2D eigenvalue weighted by Crippen LogP contribution is -2.45. The van der Waals surface area contributed by atoms with Gasteiger partial charge in [0, 0.05) is 46.6 Å². The molecule has 0 radical (unpaired) electrons. The number of hydrogen-bond donors (Lipinski definition) is 4. The molecule has 200 valence electrons. The molecular formula is C29H33BClN7O. The monoisotopic (exact) mass is 541 g/mol. The van der Waals surface area contributed by atoms with Crippen LogP contribution in [0.15, 0.2) is 54.5 Å². The second-order valence-electron chi connectivity index (χ2n) is 11.7. The molecule has 0 amide bonds. The topological polar surface area (TPSA) is 105 Å². The smallest absolute Gasteiger partial charge is 0.162 e. The third-order valence-corrected chi connectivity index (χ3v) is 7.47. The van der Waals surface area contributed by atoms with Crippen molar-refractivity contribution in [1.82, 2.24) is 21.0 Å². The first kappa shape index (κ1) is 26.9. The van der Waals surface area contributed by atoms with Gasteiger partial charge in [0.05, 0.1) is 27.9 Å². The van der Waals surface area contributed by atoms with Gasteiger partial charge in [-0.05, 0) is 48.9 Å². The summed E-state index contributed by atoms with van der Waals surface area (Å²) in [4.78, 5) is 17.4. The summed E-state index contributed by atoms with van der Waals surface area (Å²) >= 11 is 6.75. The molecule has 0 spiro atoms. The second kappa shape index (κ2) is 10.1. The van der Waals surface area contributed by atoms with Crippen LogP contribution in [0.1, 0.15) is 62.0 Å². The van der Waals surface area contributed by atoms with Crippen molar-refractivity contribution in [3.8, 4) is 6.07 Å². The summed E-state index contributed by atoms with van der Waals surface area (Å²) in [6, 6.07) is 14.2. The number of Topliss-reactive ketones (excluding diaryl/α,β-unsaturated/α-hetero) is 1. The molecule has 0 bridgehead atoms. The molecule has 10 heteroatoms. The maximum atomic E-state index is 12.9. The summed E-state index contributed by atoms with van der Waals surface area (Å²) in [5.41, 5.74) is 10.4. The number of nitrogens with zero attached hydrogens (tertiary/aromatic N) is 3. The number of anilines is 2. The lowest BCUT2D eigenvalue weighted by atomic mass is 9.69. The van der Waals surface area contributed by atoms with Crippen LogP contribution < -0.4 is 21.6 Å². The highest BCUT2D eigenvalue weighted by molar-refractivity contribution is 6.33. The highest BCUT2D eigenvalue weighted by atomic mass is 35.5. The summed E-state index contributed by atoms with van der Waals surface area (Å²) in [7, 11) is 2.06. The van der Waals surface area contributed by atoms with Gasteiger partial charge in [0.15, 0.2) is 5.78 Å². The molecule has 4 N–H and O–H groups in total. The van der Waals surface area contributed by atoms with Crippen LogP contribution in [0.4, 0.5) is 11.4 Å². The van der Waals surface area contributed by atoms with E-state index in [9.17, 15) is 10.1 Å². The third kappa shape index (κ3) is 5.40. The van der Waals surface area contributed by atoms with E-state index in [0.29, 0.717) is 51.0 Å². The minimum Gasteiger partial charge on any atom is -0.383 e. The Morgan fingerprint density at radius 1 is 1.28 bits per heavy atom. The highest BCUT2D eigenvalue weighted by Crippen LogP contribution is 2.39. The molecule has 1 unspecified atom stereocenters. The van der Waals surface area contributed by atoms with Crippen molar-refractivity contribution in [2.24, 2.45) is 5.41 Å². The Hall–Kier alpha value is -3.74. The highest BCUT2D eigenvalue weighted by Gasteiger charge is 2.39. The lowest BCUT2D eigenvalue weighted by molar-refractivity contribution is 0.101. The van der Waals surface area contributed by atoms with Crippen molar-refractivity contribution in [3.63, 3.8) is 0 Å². The average Bonchev–Trinajstić information content (AvgIpc) is 3.61. The van der Waals surface area contributed by atoms with Crippen molar-refractivity contribution < 1.29 is 4.79 Å². The van der Waals surface area contributed by atoms with Crippen LogP contribution in [0.2, 0.25) is 5.02 Å². The van der Waals surface area contributed by atoms with Crippen LogP contribution in [-0.2, 0) is 5.44 Å². The maximum absolute atomic E-state index is 12.9. The van der Waals surface area contributed by atoms with Crippen LogP contribution in [0.5, 0.6) is 0 Å². The Bertz CT molecular complexity index is 1520. The van der Waals surface area contributed by atoms with Crippen molar-refractivity contribution in [2.75, 3.05) is 17.2 Å². The summed E-state index contributed by atoms with van der Waals surface area (Å²) in [6.45, 7) is 8.55. The van der Waals surface area contributed by atoms with Crippen LogP contribution in [0.3, 0.4) is 0 Å². The summed E-state index contributed by atoms with van der Waals surface area (Å²) in [5, 5.41) is 20.4. The summed E-state index contributed by atoms with van der Waals surface area (Å²) in [5.74, 6) is -0.109. The van der Waals surface area contributed by atoms with Crippen molar-refractivity contribution in [3.05, 3.63) is 76.2 Å². The zero-order valence-corrected chi connectivity index (χ0v) is 23.7. The van der Waals surface area contributed by atoms with Gasteiger partial charge in [-0.25, -0.2) is 0 Å². The van der Waals surface area contributed by atoms with E-state index in [1.807, 2.05) is 36.4 Å². The van der Waals surface area contributed by atoms with Crippen LogP contribution in [0.25, 0.3) is 10.9 Å². The van der Waals surface area contributed by atoms with Gasteiger partial charge in [0.2, 0.25) is 0 Å². The van der Waals surface area contributed by atoms with Gasteiger partial charge in [0.25, 0.3) is 0 Å². The van der Waals surface area contributed by atoms with E-state index in [2.05, 4.69) is 72.5 Å². The van der Waals surface area contributed by atoms with E-state index in [-0.39, 0.29) is 11.2 Å². The number of halogens is 1. The molecule has 1 fully saturated rings. The number of nitrogens with one attached hydrogen (secondary N) is 4. The van der Waals surface area contributed by atoms with E-state index >= 15 is 0 Å². The Morgan fingerprint density at radius 3 is 2.67 bits per heavy atom. The van der Waals surface area contributed by atoms with Crippen molar-refractivity contribution in [1.29, 1.82) is 5.26 Å². The first-order valence-corrected chi connectivity index (χ1v) is 13.5. The lowest BCUT2D eigenvalue weighted by Gasteiger charge is -2.34. The first-order valence-electron chi connectivity index (χ1n) is 13.2. The molecular weight excluding hydrogens is 509 g/mol. The second-order valence-corrected chi connectivity index (χ2v) is 12.1. The van der Waals surface area contributed by atoms with E-state index < -0.39 is 5.44 Å². The molecule has 5 rings (SSSR count). The van der Waals surface area contributed by atoms with E-state index in [1.54, 1.807) is 0 Å². The number of rotatable bonds is 8. The number of aromatic nitrogens is 1. The molecule has 2 aliphatic rings. The molecule has 1 aromatic heterocycles. The third-order valence-electron chi connectivity index (χ3n) is 7.14. The zero-order chi connectivity index (χ0) is 27.9. The normalized spacial score (nSPS) is 16.7. The number of ketones is 1. The van der Waals surface area contributed by atoms with E-state index in [0.717, 1.165) is 24.1 Å². The van der Waals surface area contributed by atoms with Gasteiger partial charge >= 0.3 is 0 Å². The Labute approximate surface area is 235 Å². The fraction of sp³-hybridized carbons (Fsp3) is 0.345. The predicted octanol–water partition coefficient (Wildman–Crippen LogP) is 4.65. The number of pyridine rings is 1. The number of nitriles is 1. The molecule has 39 heavy (non-hydrogen) atoms. The number of carbonyl (C=O) groups is 1. The zero-order valence-electron chi connectivity index (χ0n) is 22.9. The van der Waals surface area contributed by atoms with E-state index in [1.165, 1.54) is 13.1 Å². The number of benzene rings is 2. The predicted molar refractivity (Wildman–Crippen MR) is 159 cm³/mol. The SMILES string of the molecule is BC(Nc1cc(C(C)=O)c2ncc(C#N)c(NCC(C)(C)C)c2c1)(C1=CN(C2CC2)NN1)c1ccccc1Cl. The molecule has 2 aromatic carbocycles. The Kier molecular flexibility index (Phi) is 6.96. The van der Waals surface area contributed by atoms with Gasteiger partial charge in [-0.3, -0.25) is 14.8 Å². The maximum Gasteiger partial charge on any atom is 0.162 e. The average molecular weight is 542 g/mol. The first-order chi connectivity index (χ1) is 18.5. The molecule has 8 nitrogen and oxygen atoms in total. The minimum atomic E-state index is -0.782. The molecule has 1 atom stereocenters. The number of hydrogen-bond acceptors (Lipinski definition) is 8. The van der Waals surface area contributed by atoms with E-state index in [4.69, 9.17) is 11.6 Å². The Morgan fingerprint density at radius 2 is 2.03 bits per heavy atom.